The first-order valence-electron chi connectivity index (χ1n) is 1.75. The molecule has 0 aliphatic carbocycles. The van der Waals surface area contributed by atoms with Crippen LogP contribution >= 0.6 is 7.82 Å². The fourth-order valence-corrected chi connectivity index (χ4v) is 0.301. The molecule has 0 unspecified atom stereocenters. The second kappa shape index (κ2) is 4.63. The zero-order valence-electron chi connectivity index (χ0n) is 4.97. The van der Waals surface area contributed by atoms with Crippen LogP contribution in [-0.2, 0) is 28.7 Å². The van der Waals surface area contributed by atoms with Gasteiger partial charge in [-0.25, -0.2) is 4.57 Å². The predicted molar refractivity (Wildman–Crippen MR) is 28.9 cm³/mol. The maximum atomic E-state index is 9.79. The summed E-state index contributed by atoms with van der Waals surface area (Å²) in [4.78, 5) is 15.9. The molecule has 0 atom stereocenters. The Bertz CT molecular complexity index is 160. The number of nitrogens with zero attached hydrogens (tertiary/aromatic N) is 1. The molecule has 0 radical (unpaired) electrons. The Morgan fingerprint density at radius 1 is 1.50 bits per heavy atom. The molecule has 7 nitrogen and oxygen atoms in total. The molecule has 0 aromatic carbocycles. The Kier molecular flexibility index (Phi) is 5.79. The molecule has 10 heavy (non-hydrogen) atoms. The molecule has 0 spiro atoms. The van der Waals surface area contributed by atoms with Crippen molar-refractivity contribution in [2.24, 2.45) is 16.6 Å². The van der Waals surface area contributed by atoms with Crippen LogP contribution in [0.4, 0.5) is 0 Å². The summed E-state index contributed by atoms with van der Waals surface area (Å²) in [6.07, 6.45) is 0. The van der Waals surface area contributed by atoms with Crippen LogP contribution in [-0.4, -0.2) is 15.7 Å². The molecule has 0 saturated carbocycles. The van der Waals surface area contributed by atoms with Gasteiger partial charge >= 0.3 is 7.82 Å². The fraction of sp³-hybridized carbons (Fsp3) is 0. The van der Waals surface area contributed by atoms with E-state index in [2.05, 4.69) is 21.2 Å². The first-order chi connectivity index (χ1) is 3.92. The predicted octanol–water partition coefficient (Wildman–Crippen LogP) is -1.72. The zero-order valence-corrected chi connectivity index (χ0v) is 8.83. The van der Waals surface area contributed by atoms with E-state index in [0.717, 1.165) is 0 Å². The minimum atomic E-state index is -4.57. The van der Waals surface area contributed by atoms with E-state index in [1.165, 1.54) is 0 Å². The van der Waals surface area contributed by atoms with E-state index in [1.807, 2.05) is 0 Å². The van der Waals surface area contributed by atoms with E-state index < -0.39 is 13.8 Å². The number of rotatable bonds is 2. The van der Waals surface area contributed by atoms with Crippen molar-refractivity contribution < 1.29 is 38.5 Å². The molecule has 0 aromatic heterocycles. The van der Waals surface area contributed by atoms with Crippen molar-refractivity contribution >= 4 is 13.8 Å². The quantitative estimate of drug-likeness (QED) is 0.144. The average molecular weight is 220 g/mol. The molecule has 0 saturated heterocycles. The van der Waals surface area contributed by atoms with Crippen molar-refractivity contribution in [3.05, 3.63) is 0 Å². The van der Waals surface area contributed by atoms with Gasteiger partial charge in [-0.1, -0.05) is 0 Å². The van der Waals surface area contributed by atoms with Crippen LogP contribution in [0.25, 0.3) is 0 Å². The molecule has 0 rings (SSSR count). The summed E-state index contributed by atoms with van der Waals surface area (Å²) in [5.41, 5.74) is 9.32. The third-order valence-electron chi connectivity index (χ3n) is 0.253. The van der Waals surface area contributed by atoms with Gasteiger partial charge in [0.05, 0.1) is 0 Å². The fourth-order valence-electron chi connectivity index (χ4n) is 0.100. The topological polar surface area (TPSA) is 131 Å². The van der Waals surface area contributed by atoms with Gasteiger partial charge in [0.25, 0.3) is 0 Å². The Balaban J connectivity index is 0. The van der Waals surface area contributed by atoms with E-state index in [-0.39, 0.29) is 19.5 Å². The second-order valence-corrected chi connectivity index (χ2v) is 2.23. The number of guanidine groups is 1. The van der Waals surface area contributed by atoms with Crippen LogP contribution in [0, 0.1) is 0 Å². The van der Waals surface area contributed by atoms with Crippen LogP contribution in [0.3, 0.4) is 0 Å². The molecular formula is CH6N3O4PZn. The van der Waals surface area contributed by atoms with E-state index >= 15 is 0 Å². The van der Waals surface area contributed by atoms with E-state index in [4.69, 9.17) is 9.79 Å². The number of hydrogen-bond acceptors (Lipinski definition) is 3. The molecule has 0 aliphatic heterocycles. The van der Waals surface area contributed by atoms with Gasteiger partial charge in [0, 0.05) is 19.5 Å². The van der Waals surface area contributed by atoms with Crippen molar-refractivity contribution in [2.75, 3.05) is 0 Å². The van der Waals surface area contributed by atoms with E-state index in [9.17, 15) is 4.57 Å². The van der Waals surface area contributed by atoms with Crippen molar-refractivity contribution in [3.8, 4) is 0 Å². The summed E-state index contributed by atoms with van der Waals surface area (Å²) in [6, 6.07) is 0. The van der Waals surface area contributed by atoms with Crippen molar-refractivity contribution in [1.82, 2.24) is 0 Å². The summed E-state index contributed by atoms with van der Waals surface area (Å²) in [6.45, 7) is 0. The Morgan fingerprint density at radius 3 is 2.00 bits per heavy atom. The van der Waals surface area contributed by atoms with Crippen molar-refractivity contribution in [3.63, 3.8) is 0 Å². The SMILES string of the molecule is NC(N)=NOP(=O)(O)O.[Zn]. The summed E-state index contributed by atoms with van der Waals surface area (Å²) in [7, 11) is -4.57. The summed E-state index contributed by atoms with van der Waals surface area (Å²) >= 11 is 0. The van der Waals surface area contributed by atoms with E-state index in [0.29, 0.717) is 0 Å². The second-order valence-electron chi connectivity index (χ2n) is 1.09. The molecule has 0 bridgehead atoms. The number of hydrogen-bond donors (Lipinski definition) is 4. The maximum absolute atomic E-state index is 9.79. The molecule has 56 valence electrons. The van der Waals surface area contributed by atoms with Crippen LogP contribution in [0.15, 0.2) is 5.16 Å². The molecule has 0 amide bonds. The molecule has 6 N–H and O–H groups in total. The minimum absolute atomic E-state index is 0. The van der Waals surface area contributed by atoms with Crippen LogP contribution in [0.1, 0.15) is 0 Å². The van der Waals surface area contributed by atoms with E-state index in [1.54, 1.807) is 0 Å². The molecule has 0 aliphatic rings. The average Bonchev–Trinajstić information content (AvgIpc) is 1.59. The normalized spacial score (nSPS) is 9.40. The van der Waals surface area contributed by atoms with Gasteiger partial charge < -0.3 is 11.5 Å². The molecule has 9 heteroatoms. The molecule has 0 aromatic rings. The first-order valence-corrected chi connectivity index (χ1v) is 3.28. The van der Waals surface area contributed by atoms with Crippen molar-refractivity contribution in [2.45, 2.75) is 0 Å². The Morgan fingerprint density at radius 2 is 1.90 bits per heavy atom. The van der Waals surface area contributed by atoms with Crippen LogP contribution in [0.2, 0.25) is 0 Å². The van der Waals surface area contributed by atoms with Crippen LogP contribution in [0.5, 0.6) is 0 Å². The first kappa shape index (κ1) is 12.5. The van der Waals surface area contributed by atoms with Gasteiger partial charge in [-0.15, -0.1) is 0 Å². The van der Waals surface area contributed by atoms with Crippen molar-refractivity contribution in [1.29, 1.82) is 0 Å². The van der Waals surface area contributed by atoms with Gasteiger partial charge in [-0.3, -0.25) is 14.4 Å². The zero-order chi connectivity index (χ0) is 7.49. The number of nitrogens with two attached hydrogens (primary N) is 2. The third-order valence-corrected chi connectivity index (χ3v) is 0.547. The van der Waals surface area contributed by atoms with Gasteiger partial charge in [0.1, 0.15) is 0 Å². The smallest absolute Gasteiger partial charge is 0.367 e. The Labute approximate surface area is 69.4 Å². The standard InChI is InChI=1S/CH6N3O4P.Zn/c2-1(3)4-8-9(5,6)7;/h(H4,2,3,4)(H2,5,6,7);. The third kappa shape index (κ3) is 10.8. The Hall–Kier alpha value is -0.157. The molecule has 0 fully saturated rings. The van der Waals surface area contributed by atoms with Crippen LogP contribution < -0.4 is 11.5 Å². The van der Waals surface area contributed by atoms with Gasteiger partial charge in [0.15, 0.2) is 0 Å². The summed E-state index contributed by atoms with van der Waals surface area (Å²) in [5, 5.41) is 2.60. The van der Waals surface area contributed by atoms with Gasteiger partial charge in [0.2, 0.25) is 5.96 Å². The molecule has 0 heterocycles. The number of oxime groups is 1. The van der Waals surface area contributed by atoms with Gasteiger partial charge in [-0.05, 0) is 5.16 Å². The summed E-state index contributed by atoms with van der Waals surface area (Å²) in [5.74, 6) is -0.543. The monoisotopic (exact) mass is 219 g/mol. The minimum Gasteiger partial charge on any atom is -0.367 e. The van der Waals surface area contributed by atoms with Gasteiger partial charge in [-0.2, -0.15) is 0 Å². The maximum Gasteiger partial charge on any atom is 0.545 e. The largest absolute Gasteiger partial charge is 0.545 e. The molecular weight excluding hydrogens is 214 g/mol. The number of phosphoric acid groups is 1. The summed E-state index contributed by atoms with van der Waals surface area (Å²) < 4.78 is 13.3.